The van der Waals surface area contributed by atoms with Gasteiger partial charge in [0.2, 0.25) is 5.91 Å². The van der Waals surface area contributed by atoms with Crippen molar-refractivity contribution in [3.05, 3.63) is 41.3 Å². The number of benzene rings is 1. The smallest absolute Gasteiger partial charge is 0.225 e. The minimum atomic E-state index is 0.215. The SMILES string of the molecule is COc1ccc(-c2nc(C)nc3c2CN(C(=O)C2CCCC2)CC3)cc1. The summed E-state index contributed by atoms with van der Waals surface area (Å²) in [6.45, 7) is 3.32. The minimum absolute atomic E-state index is 0.215. The molecule has 1 saturated carbocycles. The molecule has 0 radical (unpaired) electrons. The highest BCUT2D eigenvalue weighted by atomic mass is 16.5. The first-order chi connectivity index (χ1) is 12.7. The van der Waals surface area contributed by atoms with Crippen molar-refractivity contribution in [1.29, 1.82) is 0 Å². The van der Waals surface area contributed by atoms with Gasteiger partial charge in [-0.2, -0.15) is 0 Å². The van der Waals surface area contributed by atoms with E-state index in [1.54, 1.807) is 7.11 Å². The van der Waals surface area contributed by atoms with Gasteiger partial charge in [-0.25, -0.2) is 9.97 Å². The van der Waals surface area contributed by atoms with Crippen LogP contribution in [-0.2, 0) is 17.8 Å². The zero-order valence-corrected chi connectivity index (χ0v) is 15.5. The molecule has 1 amide bonds. The molecule has 0 unspecified atom stereocenters. The zero-order chi connectivity index (χ0) is 18.1. The fraction of sp³-hybridized carbons (Fsp3) is 0.476. The van der Waals surface area contributed by atoms with Crippen LogP contribution in [0, 0.1) is 12.8 Å². The predicted octanol–water partition coefficient (Wildman–Crippen LogP) is 3.54. The number of hydrogen-bond donors (Lipinski definition) is 0. The Kier molecular flexibility index (Phi) is 4.62. The number of rotatable bonds is 3. The van der Waals surface area contributed by atoms with Gasteiger partial charge in [-0.15, -0.1) is 0 Å². The van der Waals surface area contributed by atoms with Crippen LogP contribution in [0.25, 0.3) is 11.3 Å². The molecule has 2 aromatic rings. The van der Waals surface area contributed by atoms with Gasteiger partial charge in [0.1, 0.15) is 11.6 Å². The number of methoxy groups -OCH3 is 1. The number of hydrogen-bond acceptors (Lipinski definition) is 4. The maximum absolute atomic E-state index is 12.9. The number of nitrogens with zero attached hydrogens (tertiary/aromatic N) is 3. The Labute approximate surface area is 154 Å². The van der Waals surface area contributed by atoms with E-state index in [0.29, 0.717) is 12.5 Å². The van der Waals surface area contributed by atoms with E-state index in [-0.39, 0.29) is 5.92 Å². The molecular formula is C21H25N3O2. The molecule has 2 aliphatic rings. The third-order valence-corrected chi connectivity index (χ3v) is 5.55. The maximum Gasteiger partial charge on any atom is 0.225 e. The van der Waals surface area contributed by atoms with Crippen LogP contribution in [0.4, 0.5) is 0 Å². The first-order valence-electron chi connectivity index (χ1n) is 9.45. The lowest BCUT2D eigenvalue weighted by molar-refractivity contribution is -0.136. The van der Waals surface area contributed by atoms with Crippen LogP contribution in [0.15, 0.2) is 24.3 Å². The molecule has 1 aromatic heterocycles. The zero-order valence-electron chi connectivity index (χ0n) is 15.5. The minimum Gasteiger partial charge on any atom is -0.497 e. The number of ether oxygens (including phenoxy) is 1. The number of amides is 1. The van der Waals surface area contributed by atoms with Gasteiger partial charge in [-0.3, -0.25) is 4.79 Å². The van der Waals surface area contributed by atoms with Gasteiger partial charge in [0.05, 0.1) is 18.5 Å². The fourth-order valence-electron chi connectivity index (χ4n) is 4.14. The van der Waals surface area contributed by atoms with Gasteiger partial charge in [0, 0.05) is 36.6 Å². The molecule has 0 bridgehead atoms. The van der Waals surface area contributed by atoms with Crippen LogP contribution in [-0.4, -0.2) is 34.4 Å². The van der Waals surface area contributed by atoms with Gasteiger partial charge < -0.3 is 9.64 Å². The van der Waals surface area contributed by atoms with Crippen LogP contribution < -0.4 is 4.74 Å². The summed E-state index contributed by atoms with van der Waals surface area (Å²) in [4.78, 5) is 24.3. The summed E-state index contributed by atoms with van der Waals surface area (Å²) in [7, 11) is 1.66. The third kappa shape index (κ3) is 3.18. The monoisotopic (exact) mass is 351 g/mol. The summed E-state index contributed by atoms with van der Waals surface area (Å²) >= 11 is 0. The summed E-state index contributed by atoms with van der Waals surface area (Å²) in [5.74, 6) is 2.14. The molecule has 1 aliphatic heterocycles. The molecule has 5 nitrogen and oxygen atoms in total. The Hall–Kier alpha value is -2.43. The fourth-order valence-corrected chi connectivity index (χ4v) is 4.14. The van der Waals surface area contributed by atoms with E-state index in [4.69, 9.17) is 9.72 Å². The van der Waals surface area contributed by atoms with E-state index in [9.17, 15) is 4.79 Å². The van der Waals surface area contributed by atoms with Gasteiger partial charge in [-0.05, 0) is 44.0 Å². The number of fused-ring (bicyclic) bond motifs is 1. The number of aromatic nitrogens is 2. The van der Waals surface area contributed by atoms with Crippen molar-refractivity contribution in [2.75, 3.05) is 13.7 Å². The lowest BCUT2D eigenvalue weighted by atomic mass is 9.97. The average molecular weight is 351 g/mol. The lowest BCUT2D eigenvalue weighted by Crippen LogP contribution is -2.40. The number of carbonyl (C=O) groups excluding carboxylic acids is 1. The van der Waals surface area contributed by atoms with Gasteiger partial charge in [0.15, 0.2) is 0 Å². The van der Waals surface area contributed by atoms with Crippen LogP contribution in [0.2, 0.25) is 0 Å². The summed E-state index contributed by atoms with van der Waals surface area (Å²) in [5, 5.41) is 0. The summed E-state index contributed by atoms with van der Waals surface area (Å²) in [6.07, 6.45) is 5.25. The highest BCUT2D eigenvalue weighted by Gasteiger charge is 2.31. The molecule has 1 aliphatic carbocycles. The largest absolute Gasteiger partial charge is 0.497 e. The topological polar surface area (TPSA) is 55.3 Å². The van der Waals surface area contributed by atoms with Gasteiger partial charge >= 0.3 is 0 Å². The van der Waals surface area contributed by atoms with Crippen LogP contribution in [0.5, 0.6) is 5.75 Å². The molecule has 0 spiro atoms. The van der Waals surface area contributed by atoms with E-state index in [1.807, 2.05) is 36.1 Å². The molecule has 0 atom stereocenters. The van der Waals surface area contributed by atoms with Crippen molar-refractivity contribution in [1.82, 2.24) is 14.9 Å². The van der Waals surface area contributed by atoms with E-state index in [2.05, 4.69) is 4.98 Å². The molecule has 1 aromatic carbocycles. The average Bonchev–Trinajstić information content (AvgIpc) is 3.21. The standard InChI is InChI=1S/C21H25N3O2/c1-14-22-19-11-12-24(21(25)16-5-3-4-6-16)13-18(19)20(23-14)15-7-9-17(26-2)10-8-15/h7-10,16H,3-6,11-13H2,1-2H3. The first-order valence-corrected chi connectivity index (χ1v) is 9.45. The van der Waals surface area contributed by atoms with Crippen molar-refractivity contribution < 1.29 is 9.53 Å². The third-order valence-electron chi connectivity index (χ3n) is 5.55. The van der Waals surface area contributed by atoms with Crippen LogP contribution >= 0.6 is 0 Å². The van der Waals surface area contributed by atoms with Crippen molar-refractivity contribution in [2.24, 2.45) is 5.92 Å². The highest BCUT2D eigenvalue weighted by molar-refractivity contribution is 5.80. The van der Waals surface area contributed by atoms with Crippen molar-refractivity contribution in [3.63, 3.8) is 0 Å². The summed E-state index contributed by atoms with van der Waals surface area (Å²) < 4.78 is 5.26. The van der Waals surface area contributed by atoms with E-state index >= 15 is 0 Å². The molecule has 5 heteroatoms. The number of carbonyl (C=O) groups is 1. The first kappa shape index (κ1) is 17.0. The second-order valence-corrected chi connectivity index (χ2v) is 7.26. The van der Waals surface area contributed by atoms with E-state index < -0.39 is 0 Å². The number of aryl methyl sites for hydroxylation is 1. The molecule has 1 fully saturated rings. The van der Waals surface area contributed by atoms with Crippen molar-refractivity contribution in [2.45, 2.75) is 45.6 Å². The molecule has 4 rings (SSSR count). The Bertz CT molecular complexity index is 811. The second kappa shape index (κ2) is 7.06. The van der Waals surface area contributed by atoms with Gasteiger partial charge in [-0.1, -0.05) is 12.8 Å². The Balaban J connectivity index is 1.66. The van der Waals surface area contributed by atoms with Gasteiger partial charge in [0.25, 0.3) is 0 Å². The molecule has 0 saturated heterocycles. The molecule has 136 valence electrons. The Morgan fingerprint density at radius 3 is 2.58 bits per heavy atom. The quantitative estimate of drug-likeness (QED) is 0.849. The normalized spacial score (nSPS) is 17.2. The van der Waals surface area contributed by atoms with Crippen molar-refractivity contribution in [3.8, 4) is 17.0 Å². The molecule has 26 heavy (non-hydrogen) atoms. The van der Waals surface area contributed by atoms with E-state index in [1.165, 1.54) is 12.8 Å². The van der Waals surface area contributed by atoms with Crippen molar-refractivity contribution >= 4 is 5.91 Å². The Morgan fingerprint density at radius 1 is 1.15 bits per heavy atom. The van der Waals surface area contributed by atoms with Crippen LogP contribution in [0.3, 0.4) is 0 Å². The molecule has 2 heterocycles. The highest BCUT2D eigenvalue weighted by Crippen LogP contribution is 2.32. The Morgan fingerprint density at radius 2 is 1.88 bits per heavy atom. The van der Waals surface area contributed by atoms with Crippen LogP contribution in [0.1, 0.15) is 42.8 Å². The summed E-state index contributed by atoms with van der Waals surface area (Å²) in [5.41, 5.74) is 4.17. The molecular weight excluding hydrogens is 326 g/mol. The summed E-state index contributed by atoms with van der Waals surface area (Å²) in [6, 6.07) is 7.95. The molecule has 0 N–H and O–H groups in total. The second-order valence-electron chi connectivity index (χ2n) is 7.26. The van der Waals surface area contributed by atoms with E-state index in [0.717, 1.165) is 59.9 Å². The maximum atomic E-state index is 12.9. The predicted molar refractivity (Wildman–Crippen MR) is 99.8 cm³/mol. The lowest BCUT2D eigenvalue weighted by Gasteiger charge is -2.31.